The molecule has 2 aromatic carbocycles. The average molecular weight is 337 g/mol. The lowest BCUT2D eigenvalue weighted by atomic mass is 9.94. The third kappa shape index (κ3) is 2.45. The minimum atomic E-state index is -0.567. The van der Waals surface area contributed by atoms with E-state index in [0.717, 1.165) is 15.6 Å². The number of aliphatic hydroxyl groups is 1. The number of halogens is 2. The Kier molecular flexibility index (Phi) is 3.52. The molecular formula is C16H14BrFO2. The maximum absolute atomic E-state index is 13.3. The van der Waals surface area contributed by atoms with E-state index in [-0.39, 0.29) is 11.9 Å². The number of hydrogen-bond donors (Lipinski definition) is 1. The Morgan fingerprint density at radius 2 is 2.05 bits per heavy atom. The fraction of sp³-hybridized carbons (Fsp3) is 0.250. The van der Waals surface area contributed by atoms with Gasteiger partial charge in [0.25, 0.3) is 0 Å². The van der Waals surface area contributed by atoms with Crippen molar-refractivity contribution >= 4 is 15.9 Å². The molecule has 2 unspecified atom stereocenters. The molecule has 0 saturated carbocycles. The topological polar surface area (TPSA) is 29.5 Å². The van der Waals surface area contributed by atoms with Gasteiger partial charge in [0.2, 0.25) is 0 Å². The van der Waals surface area contributed by atoms with E-state index < -0.39 is 6.10 Å². The van der Waals surface area contributed by atoms with E-state index in [9.17, 15) is 9.50 Å². The first-order valence-corrected chi connectivity index (χ1v) is 7.24. The number of aliphatic hydroxyl groups excluding tert-OH is 1. The van der Waals surface area contributed by atoms with Crippen molar-refractivity contribution in [2.45, 2.75) is 25.6 Å². The van der Waals surface area contributed by atoms with Crippen LogP contribution in [0.25, 0.3) is 0 Å². The number of ether oxygens (including phenoxy) is 1. The van der Waals surface area contributed by atoms with Gasteiger partial charge in [-0.25, -0.2) is 4.39 Å². The van der Waals surface area contributed by atoms with Gasteiger partial charge in [-0.2, -0.15) is 0 Å². The van der Waals surface area contributed by atoms with E-state index in [1.54, 1.807) is 19.1 Å². The molecular weight excluding hydrogens is 323 g/mol. The summed E-state index contributed by atoms with van der Waals surface area (Å²) < 4.78 is 20.2. The van der Waals surface area contributed by atoms with Crippen molar-refractivity contribution in [3.63, 3.8) is 0 Å². The molecule has 0 radical (unpaired) electrons. The Bertz CT molecular complexity index is 657. The molecule has 0 fully saturated rings. The van der Waals surface area contributed by atoms with Crippen molar-refractivity contribution in [2.24, 2.45) is 0 Å². The zero-order valence-corrected chi connectivity index (χ0v) is 12.5. The normalized spacial score (nSPS) is 21.2. The Balaban J connectivity index is 1.96. The molecule has 104 valence electrons. The highest BCUT2D eigenvalue weighted by atomic mass is 79.9. The van der Waals surface area contributed by atoms with Gasteiger partial charge in [-0.05, 0) is 42.3 Å². The summed E-state index contributed by atoms with van der Waals surface area (Å²) in [7, 11) is 0. The molecule has 0 aliphatic carbocycles. The molecule has 2 atom stereocenters. The molecule has 0 amide bonds. The van der Waals surface area contributed by atoms with Crippen molar-refractivity contribution < 1.29 is 14.2 Å². The summed E-state index contributed by atoms with van der Waals surface area (Å²) in [6.45, 7) is 1.72. The number of rotatable bonds is 1. The number of benzene rings is 2. The van der Waals surface area contributed by atoms with Gasteiger partial charge in [0, 0.05) is 16.5 Å². The zero-order valence-electron chi connectivity index (χ0n) is 10.9. The van der Waals surface area contributed by atoms with Gasteiger partial charge in [0.05, 0.1) is 6.10 Å². The highest BCUT2D eigenvalue weighted by Gasteiger charge is 2.28. The van der Waals surface area contributed by atoms with Crippen LogP contribution in [0.1, 0.15) is 35.3 Å². The second-order valence-corrected chi connectivity index (χ2v) is 5.96. The summed E-state index contributed by atoms with van der Waals surface area (Å²) in [5.74, 6) is 0.443. The molecule has 0 bridgehead atoms. The Hall–Kier alpha value is -1.39. The molecule has 0 aromatic heterocycles. The van der Waals surface area contributed by atoms with E-state index >= 15 is 0 Å². The fourth-order valence-electron chi connectivity index (χ4n) is 2.49. The highest BCUT2D eigenvalue weighted by Crippen LogP contribution is 2.41. The molecule has 0 saturated heterocycles. The first-order chi connectivity index (χ1) is 9.54. The van der Waals surface area contributed by atoms with Gasteiger partial charge < -0.3 is 9.84 Å². The second-order valence-electron chi connectivity index (χ2n) is 5.05. The Morgan fingerprint density at radius 1 is 1.25 bits per heavy atom. The van der Waals surface area contributed by atoms with Gasteiger partial charge in [0.1, 0.15) is 17.7 Å². The van der Waals surface area contributed by atoms with Crippen LogP contribution in [-0.2, 0) is 0 Å². The maximum Gasteiger partial charge on any atom is 0.127 e. The third-order valence-electron chi connectivity index (χ3n) is 3.59. The standard InChI is InChI=1S/C16H14BrFO2/c1-9-6-10(2-5-13(9)18)15-8-14(19)12-4-3-11(17)7-16(12)20-15/h2-7,14-15,19H,8H2,1H3. The largest absolute Gasteiger partial charge is 0.485 e. The summed E-state index contributed by atoms with van der Waals surface area (Å²) >= 11 is 3.40. The lowest BCUT2D eigenvalue weighted by Gasteiger charge is -2.30. The monoisotopic (exact) mass is 336 g/mol. The summed E-state index contributed by atoms with van der Waals surface area (Å²) in [5, 5.41) is 10.2. The molecule has 1 aliphatic rings. The summed E-state index contributed by atoms with van der Waals surface area (Å²) in [6.07, 6.45) is -0.354. The van der Waals surface area contributed by atoms with Crippen LogP contribution < -0.4 is 4.74 Å². The summed E-state index contributed by atoms with van der Waals surface area (Å²) in [5.41, 5.74) is 2.26. The van der Waals surface area contributed by atoms with Crippen LogP contribution in [0.4, 0.5) is 4.39 Å². The number of aryl methyl sites for hydroxylation is 1. The molecule has 2 nitrogen and oxygen atoms in total. The van der Waals surface area contributed by atoms with Crippen LogP contribution in [0, 0.1) is 12.7 Å². The molecule has 20 heavy (non-hydrogen) atoms. The summed E-state index contributed by atoms with van der Waals surface area (Å²) in [6, 6.07) is 10.5. The maximum atomic E-state index is 13.3. The Morgan fingerprint density at radius 3 is 2.80 bits per heavy atom. The smallest absolute Gasteiger partial charge is 0.127 e. The predicted molar refractivity (Wildman–Crippen MR) is 78.2 cm³/mol. The van der Waals surface area contributed by atoms with Gasteiger partial charge in [-0.3, -0.25) is 0 Å². The van der Waals surface area contributed by atoms with Crippen molar-refractivity contribution in [1.82, 2.24) is 0 Å². The second kappa shape index (κ2) is 5.19. The van der Waals surface area contributed by atoms with E-state index in [1.807, 2.05) is 18.2 Å². The fourth-order valence-corrected chi connectivity index (χ4v) is 2.83. The van der Waals surface area contributed by atoms with Crippen LogP contribution in [0.15, 0.2) is 40.9 Å². The van der Waals surface area contributed by atoms with Gasteiger partial charge in [-0.1, -0.05) is 28.1 Å². The molecule has 0 spiro atoms. The van der Waals surface area contributed by atoms with E-state index in [2.05, 4.69) is 15.9 Å². The van der Waals surface area contributed by atoms with Crippen LogP contribution in [0.2, 0.25) is 0 Å². The van der Waals surface area contributed by atoms with Gasteiger partial charge in [0.15, 0.2) is 0 Å². The molecule has 1 heterocycles. The predicted octanol–water partition coefficient (Wildman–Crippen LogP) is 4.45. The highest BCUT2D eigenvalue weighted by molar-refractivity contribution is 9.10. The van der Waals surface area contributed by atoms with Crippen LogP contribution in [-0.4, -0.2) is 5.11 Å². The van der Waals surface area contributed by atoms with Gasteiger partial charge >= 0.3 is 0 Å². The van der Waals surface area contributed by atoms with Gasteiger partial charge in [-0.15, -0.1) is 0 Å². The van der Waals surface area contributed by atoms with Crippen LogP contribution >= 0.6 is 15.9 Å². The minimum absolute atomic E-state index is 0.228. The molecule has 1 aliphatic heterocycles. The van der Waals surface area contributed by atoms with Crippen molar-refractivity contribution in [1.29, 1.82) is 0 Å². The lowest BCUT2D eigenvalue weighted by Crippen LogP contribution is -2.19. The summed E-state index contributed by atoms with van der Waals surface area (Å²) in [4.78, 5) is 0. The lowest BCUT2D eigenvalue weighted by molar-refractivity contribution is 0.0656. The molecule has 2 aromatic rings. The molecule has 3 rings (SSSR count). The van der Waals surface area contributed by atoms with E-state index in [4.69, 9.17) is 4.74 Å². The van der Waals surface area contributed by atoms with Crippen molar-refractivity contribution in [3.05, 3.63) is 63.4 Å². The first kappa shape index (κ1) is 13.6. The SMILES string of the molecule is Cc1cc(C2CC(O)c3ccc(Br)cc3O2)ccc1F. The minimum Gasteiger partial charge on any atom is -0.485 e. The average Bonchev–Trinajstić information content (AvgIpc) is 2.41. The molecule has 4 heteroatoms. The first-order valence-electron chi connectivity index (χ1n) is 6.45. The third-order valence-corrected chi connectivity index (χ3v) is 4.09. The Labute approximate surface area is 125 Å². The van der Waals surface area contributed by atoms with Crippen molar-refractivity contribution in [2.75, 3.05) is 0 Å². The van der Waals surface area contributed by atoms with E-state index in [1.165, 1.54) is 6.07 Å². The van der Waals surface area contributed by atoms with E-state index in [0.29, 0.717) is 17.7 Å². The number of fused-ring (bicyclic) bond motifs is 1. The zero-order chi connectivity index (χ0) is 14.3. The van der Waals surface area contributed by atoms with Crippen LogP contribution in [0.3, 0.4) is 0 Å². The quantitative estimate of drug-likeness (QED) is 0.833. The number of hydrogen-bond acceptors (Lipinski definition) is 2. The molecule has 1 N–H and O–H groups in total. The van der Waals surface area contributed by atoms with Crippen molar-refractivity contribution in [3.8, 4) is 5.75 Å². The van der Waals surface area contributed by atoms with Crippen LogP contribution in [0.5, 0.6) is 5.75 Å².